The van der Waals surface area contributed by atoms with Crippen LogP contribution < -0.4 is 0 Å². The molecule has 0 radical (unpaired) electrons. The molecule has 0 atom stereocenters. The highest BCUT2D eigenvalue weighted by molar-refractivity contribution is 6.13. The fourth-order valence-electron chi connectivity index (χ4n) is 7.21. The van der Waals surface area contributed by atoms with Crippen molar-refractivity contribution in [2.45, 2.75) is 0 Å². The Balaban J connectivity index is 1.02. The summed E-state index contributed by atoms with van der Waals surface area (Å²) in [6.07, 6.45) is 0. The Hall–Kier alpha value is -7.38. The third-order valence-corrected chi connectivity index (χ3v) is 9.78. The summed E-state index contributed by atoms with van der Waals surface area (Å²) in [5, 5.41) is 4.07. The van der Waals surface area contributed by atoms with E-state index in [9.17, 15) is 0 Å². The van der Waals surface area contributed by atoms with Gasteiger partial charge in [0.1, 0.15) is 27.8 Å². The van der Waals surface area contributed by atoms with Crippen molar-refractivity contribution < 1.29 is 13.3 Å². The van der Waals surface area contributed by atoms with Crippen LogP contribution in [0, 0.1) is 0 Å². The summed E-state index contributed by atoms with van der Waals surface area (Å²) in [5.41, 5.74) is 10.3. The summed E-state index contributed by atoms with van der Waals surface area (Å²) in [7, 11) is 0. The van der Waals surface area contributed by atoms with Crippen molar-refractivity contribution in [1.82, 2.24) is 19.9 Å². The van der Waals surface area contributed by atoms with E-state index in [1.54, 1.807) is 0 Å². The van der Waals surface area contributed by atoms with E-state index in [4.69, 9.17) is 33.2 Å². The summed E-state index contributed by atoms with van der Waals surface area (Å²) in [6.45, 7) is 0. The lowest BCUT2D eigenvalue weighted by atomic mass is 10.0. The van der Waals surface area contributed by atoms with Gasteiger partial charge >= 0.3 is 0 Å². The molecule has 7 heteroatoms. The van der Waals surface area contributed by atoms with Crippen LogP contribution in [-0.2, 0) is 0 Å². The first-order valence-corrected chi connectivity index (χ1v) is 17.4. The average Bonchev–Trinajstić information content (AvgIpc) is 3.94. The maximum atomic E-state index is 6.40. The van der Waals surface area contributed by atoms with Crippen LogP contribution in [0.4, 0.5) is 0 Å². The molecule has 11 rings (SSSR count). The summed E-state index contributed by atoms with van der Waals surface area (Å²) >= 11 is 0. The monoisotopic (exact) mass is 682 g/mol. The van der Waals surface area contributed by atoms with Gasteiger partial charge in [0.2, 0.25) is 5.89 Å². The normalized spacial score (nSPS) is 11.8. The first kappa shape index (κ1) is 29.4. The number of hydrogen-bond donors (Lipinski definition) is 0. The lowest BCUT2D eigenvalue weighted by Crippen LogP contribution is -2.00. The standard InChI is InChI=1S/C46H26N4O3/c1-3-10-27(11-4-1)43-48-44(28-12-5-2-6-13-28)50-45(49-43)34-15-9-17-39-42(34)35-24-29(20-23-38(35)51-39)30-19-22-36-41(25-30)53-46(47-36)31-18-21-33-32-14-7-8-16-37(32)52-40(33)26-31/h1-26H. The lowest BCUT2D eigenvalue weighted by molar-refractivity contribution is 0.619. The summed E-state index contributed by atoms with van der Waals surface area (Å²) in [6, 6.07) is 52.5. The quantitative estimate of drug-likeness (QED) is 0.178. The Bertz CT molecular complexity index is 3120. The first-order valence-electron chi connectivity index (χ1n) is 17.4. The van der Waals surface area contributed by atoms with E-state index < -0.39 is 0 Å². The topological polar surface area (TPSA) is 91.0 Å². The maximum Gasteiger partial charge on any atom is 0.227 e. The molecule has 0 amide bonds. The van der Waals surface area contributed by atoms with Crippen molar-refractivity contribution in [2.75, 3.05) is 0 Å². The second-order valence-electron chi connectivity index (χ2n) is 13.0. The molecule has 0 bridgehead atoms. The van der Waals surface area contributed by atoms with Crippen molar-refractivity contribution in [2.24, 2.45) is 0 Å². The first-order chi connectivity index (χ1) is 26.2. The number of furan rings is 2. The number of para-hydroxylation sites is 1. The molecule has 0 aliphatic carbocycles. The van der Waals surface area contributed by atoms with Crippen molar-refractivity contribution in [3.8, 4) is 56.7 Å². The summed E-state index contributed by atoms with van der Waals surface area (Å²) < 4.78 is 18.9. The number of rotatable bonds is 5. The van der Waals surface area contributed by atoms with Gasteiger partial charge in [-0.25, -0.2) is 19.9 Å². The van der Waals surface area contributed by atoms with Crippen LogP contribution in [0.3, 0.4) is 0 Å². The highest BCUT2D eigenvalue weighted by Crippen LogP contribution is 2.39. The van der Waals surface area contributed by atoms with Gasteiger partial charge in [-0.2, -0.15) is 0 Å². The molecule has 0 saturated heterocycles. The second-order valence-corrected chi connectivity index (χ2v) is 13.0. The van der Waals surface area contributed by atoms with Gasteiger partial charge in [-0.1, -0.05) is 103 Å². The Labute approximate surface area is 301 Å². The Morgan fingerprint density at radius 2 is 0.925 bits per heavy atom. The SMILES string of the molecule is c1ccc(-c2nc(-c3ccccc3)nc(-c3cccc4oc5ccc(-c6ccc7nc(-c8ccc9c(c8)oc8ccccc89)oc7c6)cc5c34)n2)cc1. The third-order valence-electron chi connectivity index (χ3n) is 9.78. The number of fused-ring (bicyclic) bond motifs is 7. The molecule has 0 spiro atoms. The molecule has 53 heavy (non-hydrogen) atoms. The van der Waals surface area contributed by atoms with E-state index in [1.165, 1.54) is 0 Å². The molecular weight excluding hydrogens is 657 g/mol. The summed E-state index contributed by atoms with van der Waals surface area (Å²) in [4.78, 5) is 19.7. The fraction of sp³-hybridized carbons (Fsp3) is 0. The Morgan fingerprint density at radius 3 is 1.74 bits per heavy atom. The molecule has 0 unspecified atom stereocenters. The molecule has 4 aromatic heterocycles. The molecule has 0 N–H and O–H groups in total. The van der Waals surface area contributed by atoms with Crippen molar-refractivity contribution >= 4 is 55.0 Å². The van der Waals surface area contributed by atoms with Gasteiger partial charge in [0, 0.05) is 43.8 Å². The van der Waals surface area contributed by atoms with Crippen LogP contribution >= 0.6 is 0 Å². The van der Waals surface area contributed by atoms with E-state index in [2.05, 4.69) is 30.3 Å². The van der Waals surface area contributed by atoms with Crippen molar-refractivity contribution in [3.05, 3.63) is 158 Å². The van der Waals surface area contributed by atoms with Gasteiger partial charge < -0.3 is 13.3 Å². The molecule has 7 aromatic carbocycles. The Kier molecular flexibility index (Phi) is 6.42. The van der Waals surface area contributed by atoms with Gasteiger partial charge in [-0.15, -0.1) is 0 Å². The van der Waals surface area contributed by atoms with Crippen LogP contribution in [0.15, 0.2) is 171 Å². The number of nitrogens with zero attached hydrogens (tertiary/aromatic N) is 4. The molecule has 0 aliphatic rings. The minimum absolute atomic E-state index is 0.544. The zero-order valence-corrected chi connectivity index (χ0v) is 28.0. The van der Waals surface area contributed by atoms with Crippen LogP contribution in [0.1, 0.15) is 0 Å². The number of benzene rings is 7. The highest BCUT2D eigenvalue weighted by Gasteiger charge is 2.19. The zero-order chi connectivity index (χ0) is 34.9. The van der Waals surface area contributed by atoms with Gasteiger partial charge in [-0.05, 0) is 65.7 Å². The van der Waals surface area contributed by atoms with Crippen molar-refractivity contribution in [1.29, 1.82) is 0 Å². The molecular formula is C46H26N4O3. The molecule has 0 fully saturated rings. The van der Waals surface area contributed by atoms with Gasteiger partial charge in [0.15, 0.2) is 23.1 Å². The molecule has 11 aromatic rings. The van der Waals surface area contributed by atoms with Gasteiger partial charge in [-0.3, -0.25) is 0 Å². The second kappa shape index (κ2) is 11.6. The molecule has 0 aliphatic heterocycles. The Morgan fingerprint density at radius 1 is 0.321 bits per heavy atom. The van der Waals surface area contributed by atoms with E-state index in [1.807, 2.05) is 127 Å². The largest absolute Gasteiger partial charge is 0.456 e. The predicted molar refractivity (Wildman–Crippen MR) is 209 cm³/mol. The maximum absolute atomic E-state index is 6.40. The predicted octanol–water partition coefficient (Wildman–Crippen LogP) is 12.1. The van der Waals surface area contributed by atoms with Crippen LogP contribution in [0.5, 0.6) is 0 Å². The molecule has 4 heterocycles. The highest BCUT2D eigenvalue weighted by atomic mass is 16.4. The number of hydrogen-bond acceptors (Lipinski definition) is 7. The number of oxazole rings is 1. The smallest absolute Gasteiger partial charge is 0.227 e. The van der Waals surface area contributed by atoms with E-state index in [0.717, 1.165) is 82.8 Å². The van der Waals surface area contributed by atoms with Crippen LogP contribution in [0.25, 0.3) is 112 Å². The van der Waals surface area contributed by atoms with E-state index in [-0.39, 0.29) is 0 Å². The van der Waals surface area contributed by atoms with Crippen LogP contribution in [-0.4, -0.2) is 19.9 Å². The minimum atomic E-state index is 0.544. The third kappa shape index (κ3) is 4.90. The van der Waals surface area contributed by atoms with Crippen LogP contribution in [0.2, 0.25) is 0 Å². The molecule has 248 valence electrons. The van der Waals surface area contributed by atoms with Gasteiger partial charge in [0.25, 0.3) is 0 Å². The molecule has 0 saturated carbocycles. The van der Waals surface area contributed by atoms with Gasteiger partial charge in [0.05, 0.1) is 0 Å². The zero-order valence-electron chi connectivity index (χ0n) is 28.0. The summed E-state index contributed by atoms with van der Waals surface area (Å²) in [5.74, 6) is 2.34. The number of aromatic nitrogens is 4. The fourth-order valence-corrected chi connectivity index (χ4v) is 7.21. The van der Waals surface area contributed by atoms with E-state index in [0.29, 0.717) is 28.9 Å². The van der Waals surface area contributed by atoms with Crippen molar-refractivity contribution in [3.63, 3.8) is 0 Å². The average molecular weight is 683 g/mol. The van der Waals surface area contributed by atoms with E-state index >= 15 is 0 Å². The lowest BCUT2D eigenvalue weighted by Gasteiger charge is -2.09. The minimum Gasteiger partial charge on any atom is -0.456 e. The molecule has 7 nitrogen and oxygen atoms in total.